The summed E-state index contributed by atoms with van der Waals surface area (Å²) in [4.78, 5) is 29.2. The first-order valence-corrected chi connectivity index (χ1v) is 10.7. The molecule has 164 valence electrons. The third-order valence-electron chi connectivity index (χ3n) is 5.70. The van der Waals surface area contributed by atoms with E-state index in [0.29, 0.717) is 69.3 Å². The Hall–Kier alpha value is -3.22. The second-order valence-corrected chi connectivity index (χ2v) is 7.73. The van der Waals surface area contributed by atoms with Crippen LogP contribution >= 0.6 is 0 Å². The average molecular weight is 424 g/mol. The van der Waals surface area contributed by atoms with E-state index in [2.05, 4.69) is 0 Å². The summed E-state index contributed by atoms with van der Waals surface area (Å²) in [5.74, 6) is 2.20. The van der Waals surface area contributed by atoms with Gasteiger partial charge >= 0.3 is 0 Å². The van der Waals surface area contributed by atoms with E-state index < -0.39 is 0 Å². The molecule has 4 rings (SSSR count). The number of rotatable bonds is 5. The number of hydrogen-bond acceptors (Lipinski definition) is 5. The maximum Gasteiger partial charge on any atom is 0.254 e. The number of piperazine rings is 1. The number of carbonyl (C=O) groups is 2. The summed E-state index contributed by atoms with van der Waals surface area (Å²) < 4.78 is 16.5. The number of methoxy groups -OCH3 is 1. The van der Waals surface area contributed by atoms with E-state index in [-0.39, 0.29) is 11.8 Å². The van der Waals surface area contributed by atoms with Crippen LogP contribution in [0.4, 0.5) is 0 Å². The normalized spacial score (nSPS) is 15.9. The van der Waals surface area contributed by atoms with E-state index in [4.69, 9.17) is 14.2 Å². The van der Waals surface area contributed by atoms with Crippen LogP contribution < -0.4 is 14.2 Å². The molecule has 31 heavy (non-hydrogen) atoms. The average Bonchev–Trinajstić information content (AvgIpc) is 3.07. The van der Waals surface area contributed by atoms with Crippen LogP contribution in [0.1, 0.15) is 28.8 Å². The highest BCUT2D eigenvalue weighted by Crippen LogP contribution is 2.31. The highest BCUT2D eigenvalue weighted by atomic mass is 16.5. The summed E-state index contributed by atoms with van der Waals surface area (Å²) in [6.07, 6.45) is 1.98. The van der Waals surface area contributed by atoms with Gasteiger partial charge in [0.1, 0.15) is 5.75 Å². The molecule has 0 atom stereocenters. The molecule has 0 aliphatic carbocycles. The van der Waals surface area contributed by atoms with Crippen molar-refractivity contribution in [3.63, 3.8) is 0 Å². The van der Waals surface area contributed by atoms with E-state index in [0.717, 1.165) is 17.7 Å². The summed E-state index contributed by atoms with van der Waals surface area (Å²) in [6.45, 7) is 3.37. The molecule has 2 amide bonds. The largest absolute Gasteiger partial charge is 0.497 e. The van der Waals surface area contributed by atoms with E-state index in [1.807, 2.05) is 29.2 Å². The molecule has 1 saturated heterocycles. The van der Waals surface area contributed by atoms with Gasteiger partial charge in [0.25, 0.3) is 5.91 Å². The highest BCUT2D eigenvalue weighted by molar-refractivity contribution is 5.95. The van der Waals surface area contributed by atoms with E-state index in [9.17, 15) is 9.59 Å². The molecule has 7 nitrogen and oxygen atoms in total. The third kappa shape index (κ3) is 5.10. The van der Waals surface area contributed by atoms with E-state index in [1.165, 1.54) is 0 Å². The van der Waals surface area contributed by atoms with Crippen LogP contribution in [0.15, 0.2) is 42.5 Å². The van der Waals surface area contributed by atoms with Crippen molar-refractivity contribution in [2.45, 2.75) is 19.3 Å². The molecule has 2 aromatic carbocycles. The van der Waals surface area contributed by atoms with Gasteiger partial charge in [-0.05, 0) is 42.3 Å². The molecule has 2 aliphatic heterocycles. The van der Waals surface area contributed by atoms with Gasteiger partial charge in [0, 0.05) is 44.6 Å². The third-order valence-corrected chi connectivity index (χ3v) is 5.70. The number of hydrogen-bond donors (Lipinski definition) is 0. The van der Waals surface area contributed by atoms with Crippen molar-refractivity contribution in [1.29, 1.82) is 0 Å². The first kappa shape index (κ1) is 21.0. The van der Waals surface area contributed by atoms with Gasteiger partial charge in [-0.25, -0.2) is 0 Å². The van der Waals surface area contributed by atoms with Crippen molar-refractivity contribution < 1.29 is 23.8 Å². The number of ether oxygens (including phenoxy) is 3. The fraction of sp³-hybridized carbons (Fsp3) is 0.417. The minimum absolute atomic E-state index is 0.0408. The summed E-state index contributed by atoms with van der Waals surface area (Å²) in [5.41, 5.74) is 1.70. The van der Waals surface area contributed by atoms with E-state index in [1.54, 1.807) is 30.2 Å². The molecule has 0 aromatic heterocycles. The number of nitrogens with zero attached hydrogens (tertiary/aromatic N) is 2. The topological polar surface area (TPSA) is 68.3 Å². The molecule has 0 spiro atoms. The lowest BCUT2D eigenvalue weighted by atomic mass is 10.1. The van der Waals surface area contributed by atoms with Crippen molar-refractivity contribution in [2.75, 3.05) is 46.5 Å². The SMILES string of the molecule is COc1ccc(CCC(=O)N2CCN(C(=O)c3ccc4c(c3)OCCCO4)CC2)cc1. The molecule has 0 unspecified atom stereocenters. The molecule has 2 heterocycles. The smallest absolute Gasteiger partial charge is 0.254 e. The predicted octanol–water partition coefficient (Wildman–Crippen LogP) is 2.77. The van der Waals surface area contributed by atoms with Crippen molar-refractivity contribution in [3.8, 4) is 17.2 Å². The fourth-order valence-corrected chi connectivity index (χ4v) is 3.84. The number of fused-ring (bicyclic) bond motifs is 1. The second-order valence-electron chi connectivity index (χ2n) is 7.73. The number of aryl methyl sites for hydroxylation is 1. The van der Waals surface area contributed by atoms with Crippen LogP contribution in [0.5, 0.6) is 17.2 Å². The van der Waals surface area contributed by atoms with Crippen LogP contribution in [-0.4, -0.2) is 68.1 Å². The van der Waals surface area contributed by atoms with Gasteiger partial charge in [0.05, 0.1) is 20.3 Å². The first-order valence-electron chi connectivity index (χ1n) is 10.7. The van der Waals surface area contributed by atoms with Crippen LogP contribution in [0, 0.1) is 0 Å². The number of amides is 2. The Labute approximate surface area is 182 Å². The standard InChI is InChI=1S/C24H28N2O5/c1-29-20-7-3-18(4-8-20)5-10-23(27)25-11-13-26(14-12-25)24(28)19-6-9-21-22(17-19)31-16-2-15-30-21/h3-4,6-9,17H,2,5,10-16H2,1H3. The lowest BCUT2D eigenvalue weighted by molar-refractivity contribution is -0.132. The summed E-state index contributed by atoms with van der Waals surface area (Å²) in [7, 11) is 1.64. The van der Waals surface area contributed by atoms with Crippen molar-refractivity contribution >= 4 is 11.8 Å². The Morgan fingerprint density at radius 3 is 2.29 bits per heavy atom. The Kier molecular flexibility index (Phi) is 6.60. The van der Waals surface area contributed by atoms with Crippen molar-refractivity contribution in [1.82, 2.24) is 9.80 Å². The van der Waals surface area contributed by atoms with Crippen molar-refractivity contribution in [2.24, 2.45) is 0 Å². The molecule has 0 saturated carbocycles. The summed E-state index contributed by atoms with van der Waals surface area (Å²) >= 11 is 0. The minimum Gasteiger partial charge on any atom is -0.497 e. The molecule has 0 bridgehead atoms. The molecule has 1 fully saturated rings. The monoisotopic (exact) mass is 424 g/mol. The second kappa shape index (κ2) is 9.73. The van der Waals surface area contributed by atoms with Gasteiger partial charge in [0.15, 0.2) is 11.5 Å². The van der Waals surface area contributed by atoms with Gasteiger partial charge in [0.2, 0.25) is 5.91 Å². The van der Waals surface area contributed by atoms with Gasteiger partial charge in [-0.1, -0.05) is 12.1 Å². The Morgan fingerprint density at radius 2 is 1.58 bits per heavy atom. The lowest BCUT2D eigenvalue weighted by Crippen LogP contribution is -2.50. The van der Waals surface area contributed by atoms with Crippen molar-refractivity contribution in [3.05, 3.63) is 53.6 Å². The zero-order valence-corrected chi connectivity index (χ0v) is 17.8. The van der Waals surface area contributed by atoms with Gasteiger partial charge in [-0.2, -0.15) is 0 Å². The summed E-state index contributed by atoms with van der Waals surface area (Å²) in [5, 5.41) is 0. The Bertz CT molecular complexity index is 920. The van der Waals surface area contributed by atoms with E-state index >= 15 is 0 Å². The zero-order valence-electron chi connectivity index (χ0n) is 17.8. The molecule has 7 heteroatoms. The molecule has 2 aromatic rings. The maximum atomic E-state index is 12.9. The minimum atomic E-state index is -0.0408. The predicted molar refractivity (Wildman–Crippen MR) is 116 cm³/mol. The number of carbonyl (C=O) groups excluding carboxylic acids is 2. The first-order chi connectivity index (χ1) is 15.1. The Morgan fingerprint density at radius 1 is 0.903 bits per heavy atom. The molecular weight excluding hydrogens is 396 g/mol. The van der Waals surface area contributed by atoms with Gasteiger partial charge < -0.3 is 24.0 Å². The fourth-order valence-electron chi connectivity index (χ4n) is 3.84. The van der Waals surface area contributed by atoms with Crippen LogP contribution in [0.3, 0.4) is 0 Å². The molecular formula is C24H28N2O5. The van der Waals surface area contributed by atoms with Gasteiger partial charge in [-0.3, -0.25) is 9.59 Å². The maximum absolute atomic E-state index is 12.9. The van der Waals surface area contributed by atoms with Crippen LogP contribution in [0.25, 0.3) is 0 Å². The molecule has 0 radical (unpaired) electrons. The van der Waals surface area contributed by atoms with Crippen LogP contribution in [0.2, 0.25) is 0 Å². The molecule has 0 N–H and O–H groups in total. The lowest BCUT2D eigenvalue weighted by Gasteiger charge is -2.35. The zero-order chi connectivity index (χ0) is 21.6. The Balaban J connectivity index is 1.28. The highest BCUT2D eigenvalue weighted by Gasteiger charge is 2.25. The number of benzene rings is 2. The summed E-state index contributed by atoms with van der Waals surface area (Å²) in [6, 6.07) is 13.1. The van der Waals surface area contributed by atoms with Crippen LogP contribution in [-0.2, 0) is 11.2 Å². The quantitative estimate of drug-likeness (QED) is 0.738. The van der Waals surface area contributed by atoms with Gasteiger partial charge in [-0.15, -0.1) is 0 Å². The molecule has 2 aliphatic rings.